The number of aryl methyl sites for hydroxylation is 1. The Morgan fingerprint density at radius 3 is 2.71 bits per heavy atom. The van der Waals surface area contributed by atoms with Gasteiger partial charge in [0, 0.05) is 23.6 Å². The normalized spacial score (nSPS) is 13.0. The van der Waals surface area contributed by atoms with Crippen LogP contribution in [0.4, 0.5) is 0 Å². The lowest BCUT2D eigenvalue weighted by atomic mass is 10.0. The van der Waals surface area contributed by atoms with Crippen LogP contribution in [-0.2, 0) is 17.8 Å². The Kier molecular flexibility index (Phi) is 5.02. The third-order valence-corrected chi connectivity index (χ3v) is 3.81. The summed E-state index contributed by atoms with van der Waals surface area (Å²) in [4.78, 5) is 14.6. The molecule has 0 bridgehead atoms. The highest BCUT2D eigenvalue weighted by molar-refractivity contribution is 5.86. The van der Waals surface area contributed by atoms with Crippen molar-refractivity contribution in [3.8, 4) is 0 Å². The van der Waals surface area contributed by atoms with E-state index in [0.29, 0.717) is 18.9 Å². The Morgan fingerprint density at radius 2 is 2.10 bits per heavy atom. The smallest absolute Gasteiger partial charge is 0.320 e. The number of hydrogen-bond donors (Lipinski definition) is 3. The van der Waals surface area contributed by atoms with Crippen molar-refractivity contribution in [2.45, 2.75) is 46.2 Å². The van der Waals surface area contributed by atoms with Gasteiger partial charge < -0.3 is 15.4 Å². The Labute approximate surface area is 125 Å². The summed E-state index contributed by atoms with van der Waals surface area (Å²) in [6, 6.07) is 5.76. The summed E-state index contributed by atoms with van der Waals surface area (Å²) in [5, 5.41) is 13.6. The molecule has 114 valence electrons. The largest absolute Gasteiger partial charge is 0.480 e. The van der Waals surface area contributed by atoms with E-state index in [2.05, 4.69) is 35.4 Å². The van der Waals surface area contributed by atoms with Crippen LogP contribution >= 0.6 is 0 Å². The van der Waals surface area contributed by atoms with E-state index >= 15 is 0 Å². The summed E-state index contributed by atoms with van der Waals surface area (Å²) in [7, 11) is 0. The van der Waals surface area contributed by atoms with Crippen LogP contribution in [0.25, 0.3) is 10.9 Å². The number of benzene rings is 1. The number of fused-ring (bicyclic) bond motifs is 1. The Morgan fingerprint density at radius 1 is 1.33 bits per heavy atom. The third-order valence-electron chi connectivity index (χ3n) is 3.81. The molecule has 1 aromatic carbocycles. The topological polar surface area (TPSA) is 65.1 Å². The van der Waals surface area contributed by atoms with Crippen molar-refractivity contribution in [1.29, 1.82) is 0 Å². The van der Waals surface area contributed by atoms with E-state index < -0.39 is 12.0 Å². The van der Waals surface area contributed by atoms with Crippen LogP contribution in [-0.4, -0.2) is 22.1 Å². The standard InChI is InChI=1S/C17H24N2O2/c1-4-12-6-5-7-14-13(10-19-16(12)14)9-18-15(17(20)21)8-11(2)3/h5-7,10-11,15,18-19H,4,8-9H2,1-3H3,(H,20,21). The van der Waals surface area contributed by atoms with Gasteiger partial charge in [-0.2, -0.15) is 0 Å². The first kappa shape index (κ1) is 15.6. The maximum atomic E-state index is 11.3. The Hall–Kier alpha value is -1.81. The SMILES string of the molecule is CCc1cccc2c(CNC(CC(C)C)C(=O)O)c[nH]c12. The maximum absolute atomic E-state index is 11.3. The third kappa shape index (κ3) is 3.64. The molecule has 21 heavy (non-hydrogen) atoms. The minimum Gasteiger partial charge on any atom is -0.480 e. The van der Waals surface area contributed by atoms with E-state index in [-0.39, 0.29) is 0 Å². The number of aliphatic carboxylic acids is 1. The molecule has 0 aliphatic heterocycles. The predicted octanol–water partition coefficient (Wildman–Crippen LogP) is 3.32. The monoisotopic (exact) mass is 288 g/mol. The molecule has 4 nitrogen and oxygen atoms in total. The summed E-state index contributed by atoms with van der Waals surface area (Å²) in [6.07, 6.45) is 3.60. The van der Waals surface area contributed by atoms with E-state index in [1.807, 2.05) is 20.0 Å². The molecule has 2 rings (SSSR count). The second kappa shape index (κ2) is 6.76. The fraction of sp³-hybridized carbons (Fsp3) is 0.471. The van der Waals surface area contributed by atoms with Gasteiger partial charge in [-0.1, -0.05) is 39.0 Å². The first-order valence-corrected chi connectivity index (χ1v) is 7.57. The minimum absolute atomic E-state index is 0.355. The number of carbonyl (C=O) groups is 1. The maximum Gasteiger partial charge on any atom is 0.320 e. The van der Waals surface area contributed by atoms with Crippen LogP contribution in [0, 0.1) is 5.92 Å². The molecule has 3 N–H and O–H groups in total. The lowest BCUT2D eigenvalue weighted by Crippen LogP contribution is -2.37. The molecular formula is C17H24N2O2. The van der Waals surface area contributed by atoms with E-state index in [1.165, 1.54) is 10.9 Å². The molecule has 0 aliphatic carbocycles. The van der Waals surface area contributed by atoms with Gasteiger partial charge in [-0.3, -0.25) is 4.79 Å². The van der Waals surface area contributed by atoms with Gasteiger partial charge in [-0.05, 0) is 29.9 Å². The molecule has 1 aromatic heterocycles. The van der Waals surface area contributed by atoms with Crippen molar-refractivity contribution in [3.63, 3.8) is 0 Å². The molecule has 2 aromatic rings. The quantitative estimate of drug-likeness (QED) is 0.732. The molecule has 1 heterocycles. The van der Waals surface area contributed by atoms with Gasteiger partial charge in [0.2, 0.25) is 0 Å². The lowest BCUT2D eigenvalue weighted by Gasteiger charge is -2.16. The molecule has 0 radical (unpaired) electrons. The summed E-state index contributed by atoms with van der Waals surface area (Å²) >= 11 is 0. The summed E-state index contributed by atoms with van der Waals surface area (Å²) in [5.74, 6) is -0.425. The van der Waals surface area contributed by atoms with E-state index in [4.69, 9.17) is 0 Å². The van der Waals surface area contributed by atoms with Gasteiger partial charge in [-0.25, -0.2) is 0 Å². The first-order valence-electron chi connectivity index (χ1n) is 7.57. The van der Waals surface area contributed by atoms with Crippen molar-refractivity contribution in [1.82, 2.24) is 10.3 Å². The highest BCUT2D eigenvalue weighted by Gasteiger charge is 2.18. The van der Waals surface area contributed by atoms with E-state index in [9.17, 15) is 9.90 Å². The first-order chi connectivity index (χ1) is 10.0. The van der Waals surface area contributed by atoms with Crippen LogP contribution < -0.4 is 5.32 Å². The molecule has 1 unspecified atom stereocenters. The van der Waals surface area contributed by atoms with Gasteiger partial charge in [-0.15, -0.1) is 0 Å². The number of carboxylic acids is 1. The van der Waals surface area contributed by atoms with Crippen LogP contribution in [0.2, 0.25) is 0 Å². The second-order valence-corrected chi connectivity index (χ2v) is 5.91. The predicted molar refractivity (Wildman–Crippen MR) is 85.4 cm³/mol. The van der Waals surface area contributed by atoms with Crippen LogP contribution in [0.1, 0.15) is 38.3 Å². The van der Waals surface area contributed by atoms with Crippen molar-refractivity contribution >= 4 is 16.9 Å². The minimum atomic E-state index is -0.780. The van der Waals surface area contributed by atoms with Gasteiger partial charge in [0.05, 0.1) is 0 Å². The number of nitrogens with one attached hydrogen (secondary N) is 2. The summed E-state index contributed by atoms with van der Waals surface area (Å²) in [6.45, 7) is 6.78. The zero-order chi connectivity index (χ0) is 15.4. The van der Waals surface area contributed by atoms with Gasteiger partial charge in [0.1, 0.15) is 6.04 Å². The highest BCUT2D eigenvalue weighted by atomic mass is 16.4. The van der Waals surface area contributed by atoms with Crippen molar-refractivity contribution in [3.05, 3.63) is 35.5 Å². The zero-order valence-corrected chi connectivity index (χ0v) is 12.9. The number of carboxylic acid groups (broad SMARTS) is 1. The molecule has 0 spiro atoms. The number of aromatic amines is 1. The molecular weight excluding hydrogens is 264 g/mol. The summed E-state index contributed by atoms with van der Waals surface area (Å²) in [5.41, 5.74) is 3.57. The number of rotatable bonds is 7. The van der Waals surface area contributed by atoms with E-state index in [1.54, 1.807) is 0 Å². The molecule has 0 amide bonds. The zero-order valence-electron chi connectivity index (χ0n) is 12.9. The number of para-hydroxylation sites is 1. The molecule has 0 saturated heterocycles. The van der Waals surface area contributed by atoms with Gasteiger partial charge in [0.25, 0.3) is 0 Å². The molecule has 0 saturated carbocycles. The fourth-order valence-electron chi connectivity index (χ4n) is 2.69. The van der Waals surface area contributed by atoms with Crippen LogP contribution in [0.15, 0.2) is 24.4 Å². The molecule has 0 fully saturated rings. The molecule has 4 heteroatoms. The average molecular weight is 288 g/mol. The van der Waals surface area contributed by atoms with Crippen molar-refractivity contribution in [2.75, 3.05) is 0 Å². The average Bonchev–Trinajstić information content (AvgIpc) is 2.86. The molecule has 1 atom stereocenters. The van der Waals surface area contributed by atoms with Crippen molar-refractivity contribution in [2.24, 2.45) is 5.92 Å². The van der Waals surface area contributed by atoms with Crippen LogP contribution in [0.5, 0.6) is 0 Å². The number of H-pyrrole nitrogens is 1. The number of aromatic nitrogens is 1. The molecule has 0 aliphatic rings. The van der Waals surface area contributed by atoms with Crippen LogP contribution in [0.3, 0.4) is 0 Å². The summed E-state index contributed by atoms with van der Waals surface area (Å²) < 4.78 is 0. The second-order valence-electron chi connectivity index (χ2n) is 5.91. The lowest BCUT2D eigenvalue weighted by molar-refractivity contribution is -0.140. The van der Waals surface area contributed by atoms with Crippen molar-refractivity contribution < 1.29 is 9.90 Å². The van der Waals surface area contributed by atoms with Gasteiger partial charge in [0.15, 0.2) is 0 Å². The Bertz CT molecular complexity index is 616. The van der Waals surface area contributed by atoms with E-state index in [0.717, 1.165) is 17.5 Å². The fourth-order valence-corrected chi connectivity index (χ4v) is 2.69. The number of hydrogen-bond acceptors (Lipinski definition) is 2. The highest BCUT2D eigenvalue weighted by Crippen LogP contribution is 2.22. The Balaban J connectivity index is 2.14. The van der Waals surface area contributed by atoms with Gasteiger partial charge >= 0.3 is 5.97 Å².